The number of rotatable bonds is 9. The van der Waals surface area contributed by atoms with E-state index in [0.717, 1.165) is 10.5 Å². The number of amides is 2. The molecule has 0 saturated heterocycles. The second-order valence-corrected chi connectivity index (χ2v) is 5.06. The minimum absolute atomic E-state index is 0.110. The molecular formula is C16H24N2O5. The zero-order valence-electron chi connectivity index (χ0n) is 13.3. The summed E-state index contributed by atoms with van der Waals surface area (Å²) in [5, 5.41) is 20.7. The summed E-state index contributed by atoms with van der Waals surface area (Å²) in [6.45, 7) is 2.06. The lowest BCUT2D eigenvalue weighted by molar-refractivity contribution is 0.0910. The smallest absolute Gasteiger partial charge is 0.409 e. The van der Waals surface area contributed by atoms with E-state index >= 15 is 0 Å². The summed E-state index contributed by atoms with van der Waals surface area (Å²) in [6, 6.07) is 9.23. The summed E-state index contributed by atoms with van der Waals surface area (Å²) >= 11 is 0. The molecule has 0 spiro atoms. The van der Waals surface area contributed by atoms with Crippen molar-refractivity contribution in [2.75, 3.05) is 13.2 Å². The molecule has 0 radical (unpaired) electrons. The van der Waals surface area contributed by atoms with Gasteiger partial charge in [-0.25, -0.2) is 9.59 Å². The molecule has 0 bridgehead atoms. The number of aliphatic hydroxyl groups excluding tert-OH is 1. The van der Waals surface area contributed by atoms with E-state index in [-0.39, 0.29) is 19.8 Å². The normalized spacial score (nSPS) is 11.6. The maximum Gasteiger partial charge on any atom is 0.409 e. The van der Waals surface area contributed by atoms with Gasteiger partial charge in [0.25, 0.3) is 0 Å². The zero-order chi connectivity index (χ0) is 17.1. The molecule has 0 fully saturated rings. The van der Waals surface area contributed by atoms with Crippen LogP contribution in [0.3, 0.4) is 0 Å². The lowest BCUT2D eigenvalue weighted by atomic mass is 10.2. The summed E-state index contributed by atoms with van der Waals surface area (Å²) < 4.78 is 5.12. The van der Waals surface area contributed by atoms with Gasteiger partial charge in [-0.15, -0.1) is 0 Å². The van der Waals surface area contributed by atoms with Crippen LogP contribution in [-0.2, 0) is 11.3 Å². The topological polar surface area (TPSA) is 99.1 Å². The maximum absolute atomic E-state index is 11.9. The van der Waals surface area contributed by atoms with E-state index in [0.29, 0.717) is 19.3 Å². The van der Waals surface area contributed by atoms with Gasteiger partial charge in [-0.05, 0) is 18.4 Å². The number of aliphatic hydroxyl groups is 1. The molecule has 3 N–H and O–H groups in total. The van der Waals surface area contributed by atoms with Crippen LogP contribution in [0.2, 0.25) is 0 Å². The van der Waals surface area contributed by atoms with Crippen LogP contribution in [0, 0.1) is 0 Å². The minimum Gasteiger partial charge on any atom is -0.465 e. The molecule has 0 heterocycles. The van der Waals surface area contributed by atoms with Crippen LogP contribution in [0.5, 0.6) is 0 Å². The summed E-state index contributed by atoms with van der Waals surface area (Å²) in [6.07, 6.45) is -0.993. The van der Waals surface area contributed by atoms with Crippen molar-refractivity contribution in [1.82, 2.24) is 10.2 Å². The van der Waals surface area contributed by atoms with Crippen LogP contribution in [0.4, 0.5) is 9.59 Å². The van der Waals surface area contributed by atoms with Crippen molar-refractivity contribution in [3.8, 4) is 0 Å². The fourth-order valence-corrected chi connectivity index (χ4v) is 2.11. The predicted octanol–water partition coefficient (Wildman–Crippen LogP) is 2.40. The first-order valence-corrected chi connectivity index (χ1v) is 7.66. The van der Waals surface area contributed by atoms with Gasteiger partial charge in [0.1, 0.15) is 12.8 Å². The average molecular weight is 324 g/mol. The van der Waals surface area contributed by atoms with Gasteiger partial charge in [-0.2, -0.15) is 0 Å². The Kier molecular flexibility index (Phi) is 8.52. The van der Waals surface area contributed by atoms with Gasteiger partial charge in [-0.3, -0.25) is 4.90 Å². The van der Waals surface area contributed by atoms with Crippen molar-refractivity contribution < 1.29 is 24.5 Å². The number of nitrogens with zero attached hydrogens (tertiary/aromatic N) is 1. The number of alkyl carbamates (subject to hydrolysis) is 1. The number of carbonyl (C=O) groups is 2. The van der Waals surface area contributed by atoms with E-state index in [9.17, 15) is 14.7 Å². The van der Waals surface area contributed by atoms with Crippen LogP contribution in [-0.4, -0.2) is 46.6 Å². The van der Waals surface area contributed by atoms with Gasteiger partial charge < -0.3 is 20.3 Å². The highest BCUT2D eigenvalue weighted by Gasteiger charge is 2.24. The number of hydrogen-bond acceptors (Lipinski definition) is 4. The number of hydrogen-bond donors (Lipinski definition) is 3. The Morgan fingerprint density at radius 2 is 2.00 bits per heavy atom. The quantitative estimate of drug-likeness (QED) is 0.606. The Morgan fingerprint density at radius 1 is 1.30 bits per heavy atom. The molecule has 1 rings (SSSR count). The Balaban J connectivity index is 2.58. The van der Waals surface area contributed by atoms with Crippen molar-refractivity contribution in [3.63, 3.8) is 0 Å². The summed E-state index contributed by atoms with van der Waals surface area (Å²) in [5.74, 6) is 0. The number of ether oxygens (including phenoxy) is 1. The number of benzene rings is 1. The Labute approximate surface area is 135 Å². The highest BCUT2D eigenvalue weighted by Crippen LogP contribution is 2.07. The van der Waals surface area contributed by atoms with Gasteiger partial charge in [-0.1, -0.05) is 43.7 Å². The molecule has 1 aromatic rings. The van der Waals surface area contributed by atoms with Crippen LogP contribution < -0.4 is 5.32 Å². The lowest BCUT2D eigenvalue weighted by Crippen LogP contribution is -2.51. The second-order valence-electron chi connectivity index (χ2n) is 5.06. The first-order chi connectivity index (χ1) is 11.1. The fourth-order valence-electron chi connectivity index (χ4n) is 2.11. The van der Waals surface area contributed by atoms with Crippen molar-refractivity contribution >= 4 is 12.2 Å². The molecule has 0 aliphatic rings. The molecule has 1 aromatic carbocycles. The molecule has 2 amide bonds. The molecule has 1 atom stereocenters. The first kappa shape index (κ1) is 18.8. The van der Waals surface area contributed by atoms with Gasteiger partial charge >= 0.3 is 12.2 Å². The fraction of sp³-hybridized carbons (Fsp3) is 0.500. The molecule has 0 saturated carbocycles. The third kappa shape index (κ3) is 7.01. The van der Waals surface area contributed by atoms with Crippen molar-refractivity contribution in [2.24, 2.45) is 0 Å². The monoisotopic (exact) mass is 324 g/mol. The van der Waals surface area contributed by atoms with Gasteiger partial charge in [0.05, 0.1) is 0 Å². The second kappa shape index (κ2) is 10.4. The highest BCUT2D eigenvalue weighted by atomic mass is 16.5. The van der Waals surface area contributed by atoms with E-state index < -0.39 is 18.4 Å². The average Bonchev–Trinajstić information content (AvgIpc) is 2.54. The maximum atomic E-state index is 11.9. The van der Waals surface area contributed by atoms with Gasteiger partial charge in [0.15, 0.2) is 0 Å². The zero-order valence-corrected chi connectivity index (χ0v) is 13.3. The van der Waals surface area contributed by atoms with Crippen LogP contribution >= 0.6 is 0 Å². The summed E-state index contributed by atoms with van der Waals surface area (Å²) in [5.41, 5.74) is 0.852. The number of carbonyl (C=O) groups excluding carboxylic acids is 1. The van der Waals surface area contributed by atoms with Crippen molar-refractivity contribution in [1.29, 1.82) is 0 Å². The molecule has 1 unspecified atom stereocenters. The lowest BCUT2D eigenvalue weighted by Gasteiger charge is -2.29. The third-order valence-electron chi connectivity index (χ3n) is 3.24. The Hall–Kier alpha value is -2.28. The van der Waals surface area contributed by atoms with E-state index in [2.05, 4.69) is 5.32 Å². The van der Waals surface area contributed by atoms with Gasteiger partial charge in [0, 0.05) is 13.2 Å². The molecular weight excluding hydrogens is 300 g/mol. The van der Waals surface area contributed by atoms with E-state index in [1.165, 1.54) is 0 Å². The number of carboxylic acid groups (broad SMARTS) is 1. The van der Waals surface area contributed by atoms with Crippen molar-refractivity contribution in [2.45, 2.75) is 39.0 Å². The summed E-state index contributed by atoms with van der Waals surface area (Å²) in [7, 11) is 0. The molecule has 128 valence electrons. The van der Waals surface area contributed by atoms with Crippen LogP contribution in [0.15, 0.2) is 30.3 Å². The van der Waals surface area contributed by atoms with Crippen molar-refractivity contribution in [3.05, 3.63) is 35.9 Å². The Morgan fingerprint density at radius 3 is 2.57 bits per heavy atom. The molecule has 23 heavy (non-hydrogen) atoms. The molecule has 7 nitrogen and oxygen atoms in total. The van der Waals surface area contributed by atoms with E-state index in [4.69, 9.17) is 9.84 Å². The predicted molar refractivity (Wildman–Crippen MR) is 84.9 cm³/mol. The van der Waals surface area contributed by atoms with Gasteiger partial charge in [0.2, 0.25) is 0 Å². The largest absolute Gasteiger partial charge is 0.465 e. The third-order valence-corrected chi connectivity index (χ3v) is 3.24. The molecule has 7 heteroatoms. The van der Waals surface area contributed by atoms with E-state index in [1.54, 1.807) is 0 Å². The first-order valence-electron chi connectivity index (χ1n) is 7.66. The summed E-state index contributed by atoms with van der Waals surface area (Å²) in [4.78, 5) is 24.3. The standard InChI is InChI=1S/C16H24N2O5/c1-2-7-14(18(16(21)22)10-6-11-19)17-15(20)23-12-13-8-4-3-5-9-13/h3-5,8-9,14,19H,2,6-7,10-12H2,1H3,(H,17,20)(H,21,22). The van der Waals surface area contributed by atoms with E-state index in [1.807, 2.05) is 37.3 Å². The SMILES string of the molecule is CCCC(NC(=O)OCc1ccccc1)N(CCCO)C(=O)O. The molecule has 0 aliphatic heterocycles. The van der Waals surface area contributed by atoms with Crippen LogP contribution in [0.25, 0.3) is 0 Å². The Bertz CT molecular complexity index is 481. The van der Waals surface area contributed by atoms with Crippen LogP contribution in [0.1, 0.15) is 31.7 Å². The highest BCUT2D eigenvalue weighted by molar-refractivity contribution is 5.70. The number of nitrogens with one attached hydrogen (secondary N) is 1. The minimum atomic E-state index is -1.14. The molecule has 0 aromatic heterocycles. The molecule has 0 aliphatic carbocycles.